The number of carboxylic acids is 1. The molecule has 0 heterocycles. The summed E-state index contributed by atoms with van der Waals surface area (Å²) in [5.41, 5.74) is 6.42. The van der Waals surface area contributed by atoms with E-state index in [1.807, 2.05) is 0 Å². The maximum Gasteiger partial charge on any atom is 0.306 e. The van der Waals surface area contributed by atoms with Gasteiger partial charge in [-0.15, -0.1) is 0 Å². The van der Waals surface area contributed by atoms with Crippen LogP contribution in [0.15, 0.2) is 22.7 Å². The number of halogens is 1. The minimum Gasteiger partial charge on any atom is -0.481 e. The van der Waals surface area contributed by atoms with Crippen LogP contribution in [0.2, 0.25) is 0 Å². The van der Waals surface area contributed by atoms with Gasteiger partial charge < -0.3 is 15.9 Å². The number of hydrogen-bond acceptors (Lipinski definition) is 3. The van der Waals surface area contributed by atoms with Crippen molar-refractivity contribution in [2.45, 2.75) is 12.5 Å². The van der Waals surface area contributed by atoms with Crippen molar-refractivity contribution < 1.29 is 15.0 Å². The Balaban J connectivity index is 2.93. The van der Waals surface area contributed by atoms with Crippen molar-refractivity contribution in [3.63, 3.8) is 0 Å². The smallest absolute Gasteiger partial charge is 0.306 e. The maximum absolute atomic E-state index is 10.4. The fraction of sp³-hybridized carbons (Fsp3) is 0.222. The molecule has 1 atom stereocenters. The van der Waals surface area contributed by atoms with Crippen LogP contribution in [0.5, 0.6) is 0 Å². The molecule has 0 fully saturated rings. The van der Waals surface area contributed by atoms with Crippen molar-refractivity contribution in [2.75, 3.05) is 5.73 Å². The zero-order chi connectivity index (χ0) is 10.7. The Hall–Kier alpha value is -1.07. The summed E-state index contributed by atoms with van der Waals surface area (Å²) in [4.78, 5) is 10.4. The normalized spacial score (nSPS) is 12.4. The molecule has 0 aliphatic heterocycles. The van der Waals surface area contributed by atoms with Crippen molar-refractivity contribution in [3.8, 4) is 0 Å². The van der Waals surface area contributed by atoms with E-state index in [2.05, 4.69) is 15.9 Å². The average Bonchev–Trinajstić information content (AvgIpc) is 2.08. The van der Waals surface area contributed by atoms with E-state index in [4.69, 9.17) is 10.8 Å². The SMILES string of the molecule is Nc1ccc(Br)cc1C(O)CC(=O)O. The minimum atomic E-state index is -1.06. The van der Waals surface area contributed by atoms with E-state index in [0.717, 1.165) is 4.47 Å². The topological polar surface area (TPSA) is 83.5 Å². The maximum atomic E-state index is 10.4. The highest BCUT2D eigenvalue weighted by molar-refractivity contribution is 9.10. The largest absolute Gasteiger partial charge is 0.481 e. The van der Waals surface area contributed by atoms with Gasteiger partial charge in [0.15, 0.2) is 0 Å². The van der Waals surface area contributed by atoms with Gasteiger partial charge in [0.2, 0.25) is 0 Å². The molecule has 0 aliphatic rings. The summed E-state index contributed by atoms with van der Waals surface area (Å²) in [6.07, 6.45) is -1.41. The molecular formula is C9H10BrNO3. The summed E-state index contributed by atoms with van der Waals surface area (Å²) >= 11 is 3.22. The standard InChI is InChI=1S/C9H10BrNO3/c10-5-1-2-7(11)6(3-5)8(12)4-9(13)14/h1-3,8,12H,4,11H2,(H,13,14). The van der Waals surface area contributed by atoms with Gasteiger partial charge >= 0.3 is 5.97 Å². The van der Waals surface area contributed by atoms with E-state index in [0.29, 0.717) is 11.3 Å². The van der Waals surface area contributed by atoms with Crippen molar-refractivity contribution in [3.05, 3.63) is 28.2 Å². The molecule has 0 saturated heterocycles. The van der Waals surface area contributed by atoms with E-state index >= 15 is 0 Å². The van der Waals surface area contributed by atoms with E-state index in [1.165, 1.54) is 0 Å². The van der Waals surface area contributed by atoms with E-state index in [1.54, 1.807) is 18.2 Å². The quantitative estimate of drug-likeness (QED) is 0.720. The molecule has 76 valence electrons. The Morgan fingerprint density at radius 3 is 2.79 bits per heavy atom. The van der Waals surface area contributed by atoms with Crippen LogP contribution in [0.4, 0.5) is 5.69 Å². The number of rotatable bonds is 3. The summed E-state index contributed by atoms with van der Waals surface area (Å²) in [7, 11) is 0. The van der Waals surface area contributed by atoms with Crippen LogP contribution >= 0.6 is 15.9 Å². The highest BCUT2D eigenvalue weighted by Gasteiger charge is 2.14. The van der Waals surface area contributed by atoms with Crippen LogP contribution in [0, 0.1) is 0 Å². The summed E-state index contributed by atoms with van der Waals surface area (Å²) in [5.74, 6) is -1.06. The molecule has 0 amide bonds. The molecule has 1 aromatic carbocycles. The summed E-state index contributed by atoms with van der Waals surface area (Å²) in [5, 5.41) is 18.0. The first-order chi connectivity index (χ1) is 6.50. The number of nitrogens with two attached hydrogens (primary N) is 1. The van der Waals surface area contributed by atoms with E-state index in [9.17, 15) is 9.90 Å². The number of aliphatic carboxylic acids is 1. The lowest BCUT2D eigenvalue weighted by molar-refractivity contribution is -0.139. The number of carboxylic acid groups (broad SMARTS) is 1. The minimum absolute atomic E-state index is 0.347. The Bertz CT molecular complexity index is 354. The molecule has 0 aromatic heterocycles. The van der Waals surface area contributed by atoms with E-state index < -0.39 is 12.1 Å². The first-order valence-corrected chi connectivity index (χ1v) is 4.75. The van der Waals surface area contributed by atoms with Gasteiger partial charge in [-0.25, -0.2) is 0 Å². The highest BCUT2D eigenvalue weighted by atomic mass is 79.9. The van der Waals surface area contributed by atoms with Crippen molar-refractivity contribution in [1.29, 1.82) is 0 Å². The summed E-state index contributed by atoms with van der Waals surface area (Å²) in [6, 6.07) is 4.96. The third kappa shape index (κ3) is 2.71. The number of benzene rings is 1. The molecule has 0 bridgehead atoms. The molecular weight excluding hydrogens is 250 g/mol. The van der Waals surface area contributed by atoms with Gasteiger partial charge in [-0.05, 0) is 18.2 Å². The fourth-order valence-electron chi connectivity index (χ4n) is 1.11. The van der Waals surface area contributed by atoms with Crippen LogP contribution in [0.25, 0.3) is 0 Å². The van der Waals surface area contributed by atoms with Crippen molar-refractivity contribution in [1.82, 2.24) is 0 Å². The molecule has 4 N–H and O–H groups in total. The number of nitrogen functional groups attached to an aromatic ring is 1. The van der Waals surface area contributed by atoms with Crippen molar-refractivity contribution >= 4 is 27.6 Å². The van der Waals surface area contributed by atoms with Gasteiger partial charge in [-0.1, -0.05) is 15.9 Å². The van der Waals surface area contributed by atoms with Gasteiger partial charge in [0.25, 0.3) is 0 Å². The molecule has 0 radical (unpaired) electrons. The van der Waals surface area contributed by atoms with Crippen LogP contribution in [-0.2, 0) is 4.79 Å². The number of carbonyl (C=O) groups is 1. The monoisotopic (exact) mass is 259 g/mol. The Morgan fingerprint density at radius 2 is 2.21 bits per heavy atom. The summed E-state index contributed by atoms with van der Waals surface area (Å²) in [6.45, 7) is 0. The van der Waals surface area contributed by atoms with Gasteiger partial charge in [0.05, 0.1) is 12.5 Å². The third-order valence-electron chi connectivity index (χ3n) is 1.78. The highest BCUT2D eigenvalue weighted by Crippen LogP contribution is 2.26. The Kier molecular flexibility index (Phi) is 3.49. The lowest BCUT2D eigenvalue weighted by Crippen LogP contribution is -2.07. The Labute approximate surface area is 89.5 Å². The van der Waals surface area contributed by atoms with Crippen molar-refractivity contribution in [2.24, 2.45) is 0 Å². The zero-order valence-corrected chi connectivity index (χ0v) is 8.86. The van der Waals surface area contributed by atoms with Gasteiger partial charge in [0, 0.05) is 15.7 Å². The first kappa shape index (κ1) is 11.0. The van der Waals surface area contributed by atoms with Crippen LogP contribution < -0.4 is 5.73 Å². The molecule has 5 heteroatoms. The molecule has 14 heavy (non-hydrogen) atoms. The molecule has 1 rings (SSSR count). The third-order valence-corrected chi connectivity index (χ3v) is 2.27. The molecule has 0 saturated carbocycles. The van der Waals surface area contributed by atoms with Crippen LogP contribution in [-0.4, -0.2) is 16.2 Å². The number of anilines is 1. The molecule has 4 nitrogen and oxygen atoms in total. The predicted molar refractivity (Wildman–Crippen MR) is 55.8 cm³/mol. The number of aliphatic hydroxyl groups is 1. The molecule has 1 unspecified atom stereocenters. The zero-order valence-electron chi connectivity index (χ0n) is 7.27. The van der Waals surface area contributed by atoms with Gasteiger partial charge in [-0.3, -0.25) is 4.79 Å². The van der Waals surface area contributed by atoms with Gasteiger partial charge in [0.1, 0.15) is 0 Å². The molecule has 0 aliphatic carbocycles. The van der Waals surface area contributed by atoms with Crippen LogP contribution in [0.3, 0.4) is 0 Å². The predicted octanol–water partition coefficient (Wildman–Crippen LogP) is 1.54. The molecule has 0 spiro atoms. The second kappa shape index (κ2) is 4.43. The second-order valence-electron chi connectivity index (χ2n) is 2.89. The van der Waals surface area contributed by atoms with Gasteiger partial charge in [-0.2, -0.15) is 0 Å². The lowest BCUT2D eigenvalue weighted by Gasteiger charge is -2.11. The molecule has 1 aromatic rings. The fourth-order valence-corrected chi connectivity index (χ4v) is 1.49. The number of aliphatic hydroxyl groups excluding tert-OH is 1. The second-order valence-corrected chi connectivity index (χ2v) is 3.80. The first-order valence-electron chi connectivity index (χ1n) is 3.95. The Morgan fingerprint density at radius 1 is 1.57 bits per heavy atom. The van der Waals surface area contributed by atoms with Crippen LogP contribution in [0.1, 0.15) is 18.1 Å². The van der Waals surface area contributed by atoms with E-state index in [-0.39, 0.29) is 6.42 Å². The summed E-state index contributed by atoms with van der Waals surface area (Å²) < 4.78 is 0.756. The number of hydrogen-bond donors (Lipinski definition) is 3. The average molecular weight is 260 g/mol. The lowest BCUT2D eigenvalue weighted by atomic mass is 10.1.